The third-order valence-corrected chi connectivity index (χ3v) is 0.783. The standard InChI is InChI=1S/C4H4F6O2/c5-3(6,7)2(11)1-12-4(8,9)10/h2,11H,1H2. The third-order valence-electron chi connectivity index (χ3n) is 0.783. The van der Waals surface area contributed by atoms with E-state index < -0.39 is 25.2 Å². The molecular formula is C4H4F6O2. The summed E-state index contributed by atoms with van der Waals surface area (Å²) in [4.78, 5) is 0. The maximum absolute atomic E-state index is 11.3. The predicted molar refractivity (Wildman–Crippen MR) is 24.1 cm³/mol. The Bertz CT molecular complexity index is 137. The molecule has 1 atom stereocenters. The maximum atomic E-state index is 11.3. The second-order valence-corrected chi connectivity index (χ2v) is 1.81. The lowest BCUT2D eigenvalue weighted by molar-refractivity contribution is -0.342. The van der Waals surface area contributed by atoms with E-state index in [4.69, 9.17) is 5.11 Å². The van der Waals surface area contributed by atoms with Crippen molar-refractivity contribution < 1.29 is 36.2 Å². The van der Waals surface area contributed by atoms with Crippen LogP contribution in [-0.2, 0) is 4.74 Å². The molecule has 0 saturated heterocycles. The fraction of sp³-hybridized carbons (Fsp3) is 1.00. The Kier molecular flexibility index (Phi) is 3.34. The van der Waals surface area contributed by atoms with Crippen LogP contribution in [0.4, 0.5) is 26.3 Å². The summed E-state index contributed by atoms with van der Waals surface area (Å²) < 4.78 is 70.0. The second kappa shape index (κ2) is 3.48. The number of aliphatic hydroxyl groups is 1. The van der Waals surface area contributed by atoms with Gasteiger partial charge in [0.25, 0.3) is 0 Å². The molecule has 74 valence electrons. The molecule has 12 heavy (non-hydrogen) atoms. The molecular weight excluding hydrogens is 194 g/mol. The lowest BCUT2D eigenvalue weighted by atomic mass is 10.4. The predicted octanol–water partition coefficient (Wildman–Crippen LogP) is 1.45. The number of rotatable bonds is 2. The van der Waals surface area contributed by atoms with Gasteiger partial charge in [-0.25, -0.2) is 0 Å². The summed E-state index contributed by atoms with van der Waals surface area (Å²) in [5, 5.41) is 8.00. The normalized spacial score (nSPS) is 16.2. The van der Waals surface area contributed by atoms with Crippen LogP contribution in [0.2, 0.25) is 0 Å². The average molecular weight is 198 g/mol. The molecule has 1 N–H and O–H groups in total. The zero-order chi connectivity index (χ0) is 9.99. The first kappa shape index (κ1) is 11.5. The molecule has 2 nitrogen and oxygen atoms in total. The average Bonchev–Trinajstić information content (AvgIpc) is 1.78. The first-order chi connectivity index (χ1) is 5.13. The van der Waals surface area contributed by atoms with Crippen LogP contribution in [0.5, 0.6) is 0 Å². The number of aliphatic hydroxyl groups excluding tert-OH is 1. The Hall–Kier alpha value is -0.500. The number of hydrogen-bond donors (Lipinski definition) is 1. The van der Waals surface area contributed by atoms with Crippen molar-refractivity contribution in [3.05, 3.63) is 0 Å². The van der Waals surface area contributed by atoms with Crippen molar-refractivity contribution in [3.8, 4) is 0 Å². The van der Waals surface area contributed by atoms with Gasteiger partial charge in [0.2, 0.25) is 0 Å². The Morgan fingerprint density at radius 2 is 1.50 bits per heavy atom. The van der Waals surface area contributed by atoms with Gasteiger partial charge in [0.05, 0.1) is 6.61 Å². The smallest absolute Gasteiger partial charge is 0.382 e. The van der Waals surface area contributed by atoms with Crippen molar-refractivity contribution in [2.45, 2.75) is 18.6 Å². The molecule has 0 fully saturated rings. The van der Waals surface area contributed by atoms with Gasteiger partial charge < -0.3 is 5.11 Å². The van der Waals surface area contributed by atoms with Gasteiger partial charge in [-0.1, -0.05) is 0 Å². The Balaban J connectivity index is 3.80. The molecule has 0 spiro atoms. The molecule has 0 rings (SSSR count). The number of halogens is 6. The van der Waals surface area contributed by atoms with Crippen molar-refractivity contribution in [2.24, 2.45) is 0 Å². The van der Waals surface area contributed by atoms with E-state index in [2.05, 4.69) is 4.74 Å². The van der Waals surface area contributed by atoms with Crippen LogP contribution in [0.15, 0.2) is 0 Å². The van der Waals surface area contributed by atoms with Crippen LogP contribution < -0.4 is 0 Å². The first-order valence-electron chi connectivity index (χ1n) is 2.58. The Morgan fingerprint density at radius 3 is 1.75 bits per heavy atom. The number of alkyl halides is 6. The van der Waals surface area contributed by atoms with Crippen molar-refractivity contribution in [2.75, 3.05) is 6.61 Å². The summed E-state index contributed by atoms with van der Waals surface area (Å²) in [5.74, 6) is 0. The third kappa shape index (κ3) is 5.19. The molecule has 0 aliphatic rings. The van der Waals surface area contributed by atoms with Crippen molar-refractivity contribution in [1.29, 1.82) is 0 Å². The summed E-state index contributed by atoms with van der Waals surface area (Å²) >= 11 is 0. The molecule has 0 radical (unpaired) electrons. The van der Waals surface area contributed by atoms with Gasteiger partial charge in [-0.2, -0.15) is 13.2 Å². The van der Waals surface area contributed by atoms with E-state index in [1.54, 1.807) is 0 Å². The lowest BCUT2D eigenvalue weighted by Crippen LogP contribution is -2.35. The summed E-state index contributed by atoms with van der Waals surface area (Å²) in [6.45, 7) is -1.84. The van der Waals surface area contributed by atoms with Gasteiger partial charge in [0.1, 0.15) is 0 Å². The zero-order valence-electron chi connectivity index (χ0n) is 5.41. The van der Waals surface area contributed by atoms with E-state index in [0.29, 0.717) is 0 Å². The topological polar surface area (TPSA) is 29.5 Å². The molecule has 0 aliphatic heterocycles. The molecule has 0 aromatic heterocycles. The summed E-state index contributed by atoms with van der Waals surface area (Å²) in [7, 11) is 0. The minimum atomic E-state index is -5.16. The zero-order valence-corrected chi connectivity index (χ0v) is 5.41. The fourth-order valence-corrected chi connectivity index (χ4v) is 0.268. The molecule has 0 saturated carbocycles. The summed E-state index contributed by atoms with van der Waals surface area (Å²) in [6.07, 6.45) is -13.4. The van der Waals surface area contributed by atoms with Crippen LogP contribution in [0.1, 0.15) is 0 Å². The van der Waals surface area contributed by atoms with Gasteiger partial charge in [-0.15, -0.1) is 13.2 Å². The molecule has 8 heteroatoms. The summed E-state index contributed by atoms with van der Waals surface area (Å²) in [6, 6.07) is 0. The molecule has 1 unspecified atom stereocenters. The number of ether oxygens (including phenoxy) is 1. The largest absolute Gasteiger partial charge is 0.522 e. The highest BCUT2D eigenvalue weighted by molar-refractivity contribution is 4.63. The van der Waals surface area contributed by atoms with E-state index in [9.17, 15) is 26.3 Å². The molecule has 0 aromatic rings. The first-order valence-corrected chi connectivity index (χ1v) is 2.58. The minimum Gasteiger partial charge on any atom is -0.382 e. The van der Waals surface area contributed by atoms with Crippen molar-refractivity contribution in [1.82, 2.24) is 0 Å². The van der Waals surface area contributed by atoms with Crippen molar-refractivity contribution in [3.63, 3.8) is 0 Å². The molecule has 0 aromatic carbocycles. The van der Waals surface area contributed by atoms with Crippen LogP contribution in [0.25, 0.3) is 0 Å². The van der Waals surface area contributed by atoms with E-state index in [1.165, 1.54) is 0 Å². The summed E-state index contributed by atoms with van der Waals surface area (Å²) in [5.41, 5.74) is 0. The van der Waals surface area contributed by atoms with E-state index in [1.807, 2.05) is 0 Å². The highest BCUT2D eigenvalue weighted by Gasteiger charge is 2.41. The quantitative estimate of drug-likeness (QED) is 0.680. The molecule has 0 aliphatic carbocycles. The SMILES string of the molecule is OC(COC(F)(F)F)C(F)(F)F. The molecule has 0 amide bonds. The monoisotopic (exact) mass is 198 g/mol. The maximum Gasteiger partial charge on any atom is 0.522 e. The van der Waals surface area contributed by atoms with Crippen LogP contribution in [0.3, 0.4) is 0 Å². The van der Waals surface area contributed by atoms with E-state index in [-0.39, 0.29) is 0 Å². The Morgan fingerprint density at radius 1 is 1.08 bits per heavy atom. The van der Waals surface area contributed by atoms with Gasteiger partial charge in [-0.05, 0) is 0 Å². The molecule has 0 heterocycles. The van der Waals surface area contributed by atoms with Crippen LogP contribution in [-0.4, -0.2) is 30.4 Å². The van der Waals surface area contributed by atoms with Gasteiger partial charge in [0, 0.05) is 0 Å². The second-order valence-electron chi connectivity index (χ2n) is 1.81. The van der Waals surface area contributed by atoms with Crippen LogP contribution in [0, 0.1) is 0 Å². The van der Waals surface area contributed by atoms with Gasteiger partial charge in [-0.3, -0.25) is 4.74 Å². The molecule has 0 bridgehead atoms. The number of hydrogen-bond acceptors (Lipinski definition) is 2. The van der Waals surface area contributed by atoms with Crippen LogP contribution >= 0.6 is 0 Å². The highest BCUT2D eigenvalue weighted by atomic mass is 19.4. The minimum absolute atomic E-state index is 1.84. The lowest BCUT2D eigenvalue weighted by Gasteiger charge is -2.15. The van der Waals surface area contributed by atoms with E-state index >= 15 is 0 Å². The van der Waals surface area contributed by atoms with Gasteiger partial charge >= 0.3 is 12.5 Å². The van der Waals surface area contributed by atoms with Gasteiger partial charge in [0.15, 0.2) is 6.10 Å². The fourth-order valence-electron chi connectivity index (χ4n) is 0.268. The van der Waals surface area contributed by atoms with E-state index in [0.717, 1.165) is 0 Å². The Labute approximate surface area is 62.7 Å². The van der Waals surface area contributed by atoms with Crippen molar-refractivity contribution >= 4 is 0 Å². The highest BCUT2D eigenvalue weighted by Crippen LogP contribution is 2.23.